The molecule has 1 N–H and O–H groups in total. The molecule has 0 bridgehead atoms. The van der Waals surface area contributed by atoms with Crippen molar-refractivity contribution in [2.24, 2.45) is 0 Å². The van der Waals surface area contributed by atoms with Crippen molar-refractivity contribution in [2.45, 2.75) is 19.5 Å². The van der Waals surface area contributed by atoms with Gasteiger partial charge >= 0.3 is 0 Å². The summed E-state index contributed by atoms with van der Waals surface area (Å²) in [4.78, 5) is 16.7. The van der Waals surface area contributed by atoms with Gasteiger partial charge in [0.2, 0.25) is 0 Å². The van der Waals surface area contributed by atoms with Crippen LogP contribution in [0, 0.1) is 5.82 Å². The highest BCUT2D eigenvalue weighted by molar-refractivity contribution is 7.14. The van der Waals surface area contributed by atoms with Gasteiger partial charge in [-0.05, 0) is 35.7 Å². The molecule has 0 unspecified atom stereocenters. The van der Waals surface area contributed by atoms with Gasteiger partial charge in [0, 0.05) is 43.2 Å². The predicted octanol–water partition coefficient (Wildman–Crippen LogP) is 3.48. The molecule has 0 aliphatic carbocycles. The van der Waals surface area contributed by atoms with E-state index in [-0.39, 0.29) is 11.7 Å². The zero-order valence-corrected chi connectivity index (χ0v) is 15.6. The summed E-state index contributed by atoms with van der Waals surface area (Å²) in [6, 6.07) is 6.22. The first-order valence-electron chi connectivity index (χ1n) is 8.13. The normalized spacial score (nSPS) is 13.6. The summed E-state index contributed by atoms with van der Waals surface area (Å²) in [7, 11) is 1.60. The van der Waals surface area contributed by atoms with E-state index in [4.69, 9.17) is 16.3 Å². The topological polar surface area (TPSA) is 41.6 Å². The Morgan fingerprint density at radius 3 is 3.00 bits per heavy atom. The van der Waals surface area contributed by atoms with Crippen molar-refractivity contribution in [1.29, 1.82) is 0 Å². The molecule has 0 spiro atoms. The second-order valence-electron chi connectivity index (χ2n) is 5.94. The van der Waals surface area contributed by atoms with Crippen LogP contribution in [0.2, 0.25) is 5.02 Å². The molecule has 4 nitrogen and oxygen atoms in total. The third-order valence-corrected chi connectivity index (χ3v) is 5.76. The van der Waals surface area contributed by atoms with Crippen LogP contribution in [0.15, 0.2) is 24.3 Å². The van der Waals surface area contributed by atoms with Gasteiger partial charge in [0.1, 0.15) is 5.82 Å². The smallest absolute Gasteiger partial charge is 0.264 e. The first-order valence-corrected chi connectivity index (χ1v) is 9.32. The maximum Gasteiger partial charge on any atom is 0.264 e. The average Bonchev–Trinajstić information content (AvgIpc) is 3.04. The fraction of sp³-hybridized carbons (Fsp3) is 0.389. The number of fused-ring (bicyclic) bond motifs is 1. The molecular formula is C18H20ClFN2O2S. The van der Waals surface area contributed by atoms with Crippen molar-refractivity contribution in [3.05, 3.63) is 56.0 Å². The second kappa shape index (κ2) is 8.27. The number of nitrogens with one attached hydrogen (secondary N) is 1. The van der Waals surface area contributed by atoms with E-state index in [1.54, 1.807) is 29.4 Å². The minimum atomic E-state index is -0.387. The van der Waals surface area contributed by atoms with Crippen LogP contribution in [0.3, 0.4) is 0 Å². The van der Waals surface area contributed by atoms with Crippen LogP contribution < -0.4 is 5.32 Å². The van der Waals surface area contributed by atoms with Crippen molar-refractivity contribution in [3.8, 4) is 0 Å². The summed E-state index contributed by atoms with van der Waals surface area (Å²) in [5.41, 5.74) is 1.92. The molecule has 0 saturated carbocycles. The zero-order valence-electron chi connectivity index (χ0n) is 14.0. The van der Waals surface area contributed by atoms with Crippen LogP contribution in [-0.2, 0) is 24.2 Å². The second-order valence-corrected chi connectivity index (χ2v) is 7.49. The van der Waals surface area contributed by atoms with Gasteiger partial charge in [0.25, 0.3) is 5.91 Å². The molecule has 0 fully saturated rings. The van der Waals surface area contributed by atoms with Gasteiger partial charge in [-0.2, -0.15) is 0 Å². The number of carbonyl (C=O) groups is 1. The van der Waals surface area contributed by atoms with Crippen molar-refractivity contribution in [1.82, 2.24) is 10.2 Å². The van der Waals surface area contributed by atoms with E-state index in [0.717, 1.165) is 30.0 Å². The van der Waals surface area contributed by atoms with Gasteiger partial charge < -0.3 is 15.0 Å². The molecule has 1 aliphatic rings. The molecule has 3 rings (SSSR count). The Kier molecular flexibility index (Phi) is 6.06. The number of amides is 1. The highest BCUT2D eigenvalue weighted by atomic mass is 35.5. The lowest BCUT2D eigenvalue weighted by atomic mass is 10.1. The number of hydrogen-bond acceptors (Lipinski definition) is 4. The lowest BCUT2D eigenvalue weighted by Crippen LogP contribution is -2.33. The Morgan fingerprint density at radius 2 is 2.28 bits per heavy atom. The molecular weight excluding hydrogens is 363 g/mol. The summed E-state index contributed by atoms with van der Waals surface area (Å²) in [5, 5.41) is 3.64. The standard InChI is InChI=1S/C18H20ClFN2O2S/c1-24-7-6-22(11-12-2-3-14(20)9-15(12)19)18(23)17-8-13-10-21-5-4-16(13)25-17/h2-3,8-9,21H,4-7,10-11H2,1H3. The molecule has 7 heteroatoms. The number of carbonyl (C=O) groups excluding carboxylic acids is 1. The van der Waals surface area contributed by atoms with E-state index in [0.29, 0.717) is 24.7 Å². The number of methoxy groups -OCH3 is 1. The number of nitrogens with zero attached hydrogens (tertiary/aromatic N) is 1. The van der Waals surface area contributed by atoms with Crippen LogP contribution in [0.1, 0.15) is 25.7 Å². The van der Waals surface area contributed by atoms with Gasteiger partial charge in [0.05, 0.1) is 11.5 Å². The third kappa shape index (κ3) is 4.39. The summed E-state index contributed by atoms with van der Waals surface area (Å²) in [6.07, 6.45) is 0.954. The average molecular weight is 383 g/mol. The van der Waals surface area contributed by atoms with Crippen molar-refractivity contribution < 1.29 is 13.9 Å². The fourth-order valence-electron chi connectivity index (χ4n) is 2.82. The minimum absolute atomic E-state index is 0.0446. The molecule has 1 amide bonds. The molecule has 0 atom stereocenters. The Hall–Kier alpha value is -1.47. The van der Waals surface area contributed by atoms with Gasteiger partial charge in [-0.15, -0.1) is 11.3 Å². The monoisotopic (exact) mass is 382 g/mol. The number of hydrogen-bond donors (Lipinski definition) is 1. The van der Waals surface area contributed by atoms with E-state index >= 15 is 0 Å². The van der Waals surface area contributed by atoms with E-state index in [2.05, 4.69) is 5.32 Å². The summed E-state index contributed by atoms with van der Waals surface area (Å²) < 4.78 is 18.4. The van der Waals surface area contributed by atoms with Gasteiger partial charge in [-0.3, -0.25) is 4.79 Å². The maximum absolute atomic E-state index is 13.3. The lowest BCUT2D eigenvalue weighted by molar-refractivity contribution is 0.0685. The SMILES string of the molecule is COCCN(Cc1ccc(F)cc1Cl)C(=O)c1cc2c(s1)CCNC2. The minimum Gasteiger partial charge on any atom is -0.383 e. The van der Waals surface area contributed by atoms with Gasteiger partial charge in [0.15, 0.2) is 0 Å². The summed E-state index contributed by atoms with van der Waals surface area (Å²) in [5.74, 6) is -0.432. The van der Waals surface area contributed by atoms with Crippen LogP contribution in [0.4, 0.5) is 4.39 Å². The molecule has 1 aromatic heterocycles. The lowest BCUT2D eigenvalue weighted by Gasteiger charge is -2.22. The van der Waals surface area contributed by atoms with Crippen LogP contribution >= 0.6 is 22.9 Å². The maximum atomic E-state index is 13.3. The number of halogens is 2. The van der Waals surface area contributed by atoms with E-state index < -0.39 is 0 Å². The molecule has 1 aromatic carbocycles. The van der Waals surface area contributed by atoms with Gasteiger partial charge in [-0.1, -0.05) is 17.7 Å². The molecule has 0 saturated heterocycles. The van der Waals surface area contributed by atoms with Crippen molar-refractivity contribution in [3.63, 3.8) is 0 Å². The molecule has 0 radical (unpaired) electrons. The Bertz CT molecular complexity index is 742. The van der Waals surface area contributed by atoms with Crippen molar-refractivity contribution >= 4 is 28.8 Å². The molecule has 2 aromatic rings. The highest BCUT2D eigenvalue weighted by Gasteiger charge is 2.22. The van der Waals surface area contributed by atoms with Crippen LogP contribution in [0.25, 0.3) is 0 Å². The number of thiophene rings is 1. The van der Waals surface area contributed by atoms with Gasteiger partial charge in [-0.25, -0.2) is 4.39 Å². The predicted molar refractivity (Wildman–Crippen MR) is 97.8 cm³/mol. The molecule has 25 heavy (non-hydrogen) atoms. The largest absolute Gasteiger partial charge is 0.383 e. The number of rotatable bonds is 6. The van der Waals surface area contributed by atoms with E-state index in [9.17, 15) is 9.18 Å². The molecule has 134 valence electrons. The third-order valence-electron chi connectivity index (χ3n) is 4.18. The number of benzene rings is 1. The first kappa shape index (κ1) is 18.3. The Morgan fingerprint density at radius 1 is 1.44 bits per heavy atom. The first-order chi connectivity index (χ1) is 12.1. The molecule has 2 heterocycles. The summed E-state index contributed by atoms with van der Waals surface area (Å²) in [6.45, 7) is 2.95. The Balaban J connectivity index is 1.81. The zero-order chi connectivity index (χ0) is 17.8. The molecule has 1 aliphatic heterocycles. The van der Waals surface area contributed by atoms with Crippen LogP contribution in [0.5, 0.6) is 0 Å². The Labute approximate surface area is 155 Å². The van der Waals surface area contributed by atoms with E-state index in [1.807, 2.05) is 6.07 Å². The summed E-state index contributed by atoms with van der Waals surface area (Å²) >= 11 is 7.68. The van der Waals surface area contributed by atoms with E-state index in [1.165, 1.54) is 22.6 Å². The number of ether oxygens (including phenoxy) is 1. The van der Waals surface area contributed by atoms with Crippen molar-refractivity contribution in [2.75, 3.05) is 26.8 Å². The fourth-order valence-corrected chi connectivity index (χ4v) is 4.20. The quantitative estimate of drug-likeness (QED) is 0.831. The van der Waals surface area contributed by atoms with Crippen LogP contribution in [-0.4, -0.2) is 37.6 Å². The highest BCUT2D eigenvalue weighted by Crippen LogP contribution is 2.27.